The number of benzene rings is 2. The van der Waals surface area contributed by atoms with E-state index in [0.29, 0.717) is 54.8 Å². The van der Waals surface area contributed by atoms with Gasteiger partial charge < -0.3 is 41.0 Å². The lowest BCUT2D eigenvalue weighted by atomic mass is 10.1. The number of hydrogen-bond donors (Lipinski definition) is 3. The molecule has 2 atom stereocenters. The smallest absolute Gasteiger partial charge is 0.260 e. The zero-order valence-electron chi connectivity index (χ0n) is 29.5. The van der Waals surface area contributed by atoms with Crippen LogP contribution in [0.4, 0.5) is 11.6 Å². The average Bonchev–Trinajstić information content (AvgIpc) is 3.52. The number of likely N-dealkylation sites (tertiary alicyclic amines) is 2. The number of carbonyl (C=O) groups excluding carboxylic acids is 1. The molecule has 6 N–H and O–H groups in total. The molecule has 12 nitrogen and oxygen atoms in total. The first kappa shape index (κ1) is 35.7. The second-order valence-electron chi connectivity index (χ2n) is 13.0. The molecule has 3 aliphatic rings. The van der Waals surface area contributed by atoms with Gasteiger partial charge in [0, 0.05) is 48.9 Å². The highest BCUT2D eigenvalue weighted by Crippen LogP contribution is 2.43. The molecule has 1 amide bonds. The molecule has 4 heterocycles. The van der Waals surface area contributed by atoms with E-state index in [-0.39, 0.29) is 18.6 Å². The number of hydrogen-bond acceptors (Lipinski definition) is 11. The molecule has 3 fully saturated rings. The van der Waals surface area contributed by atoms with E-state index in [1.807, 2.05) is 73.3 Å². The Morgan fingerprint density at radius 3 is 1.78 bits per heavy atom. The molecule has 0 radical (unpaired) electrons. The van der Waals surface area contributed by atoms with Crippen LogP contribution in [0.15, 0.2) is 72.8 Å². The van der Waals surface area contributed by atoms with Gasteiger partial charge in [-0.3, -0.25) is 9.69 Å². The van der Waals surface area contributed by atoms with Crippen LogP contribution in [-0.2, 0) is 4.79 Å². The highest BCUT2D eigenvalue weighted by molar-refractivity contribution is 5.78. The summed E-state index contributed by atoms with van der Waals surface area (Å²) in [6.45, 7) is 10.5. The van der Waals surface area contributed by atoms with Gasteiger partial charge in [0.1, 0.15) is 41.2 Å². The fraction of sp³-hybridized carbons (Fsp3) is 0.410. The molecule has 2 unspecified atom stereocenters. The summed E-state index contributed by atoms with van der Waals surface area (Å²) in [6, 6.07) is 22.7. The van der Waals surface area contributed by atoms with Crippen molar-refractivity contribution >= 4 is 17.5 Å². The third-order valence-electron chi connectivity index (χ3n) is 9.45. The van der Waals surface area contributed by atoms with Gasteiger partial charge in [-0.25, -0.2) is 9.97 Å². The van der Waals surface area contributed by atoms with Crippen molar-refractivity contribution in [1.29, 1.82) is 0 Å². The number of anilines is 2. The standard InChI is InChI=1S/C20H24N4O3.C19H25N3O2/c1-2-26-17-8-12(6-7-13(17)16-4-3-5-18(21)23-16)27-11-19(25)24-9-14-15(10-24)20(14)22;1-2-23-18-14-15(24-13-12-22-10-3-4-11-22)8-9-16(18)17-6-5-7-19(20)21-17/h3-8,14-15,20H,2,9-11,22H2,1H3,(H2,21,23);5-9,14H,2-4,10-13H2,1H3,(H2,20,21). The summed E-state index contributed by atoms with van der Waals surface area (Å²) in [5, 5.41) is 0. The summed E-state index contributed by atoms with van der Waals surface area (Å²) < 4.78 is 23.1. The van der Waals surface area contributed by atoms with Crippen molar-refractivity contribution in [3.63, 3.8) is 0 Å². The molecule has 12 heteroatoms. The van der Waals surface area contributed by atoms with Crippen LogP contribution in [0.1, 0.15) is 26.7 Å². The number of aromatic nitrogens is 2. The Morgan fingerprint density at radius 1 is 0.745 bits per heavy atom. The fourth-order valence-electron chi connectivity index (χ4n) is 6.67. The van der Waals surface area contributed by atoms with Crippen LogP contribution in [0, 0.1) is 11.8 Å². The maximum atomic E-state index is 12.3. The van der Waals surface area contributed by atoms with Crippen LogP contribution >= 0.6 is 0 Å². The third-order valence-corrected chi connectivity index (χ3v) is 9.45. The van der Waals surface area contributed by atoms with Crippen LogP contribution in [0.3, 0.4) is 0 Å². The summed E-state index contributed by atoms with van der Waals surface area (Å²) in [5.41, 5.74) is 20.8. The molecule has 7 rings (SSSR count). The van der Waals surface area contributed by atoms with E-state index in [4.69, 9.17) is 36.1 Å². The Labute approximate surface area is 299 Å². The number of piperidine rings is 1. The molecule has 270 valence electrons. The minimum Gasteiger partial charge on any atom is -0.493 e. The van der Waals surface area contributed by atoms with E-state index in [2.05, 4.69) is 14.9 Å². The molecule has 51 heavy (non-hydrogen) atoms. The first-order valence-electron chi connectivity index (χ1n) is 17.8. The van der Waals surface area contributed by atoms with Crippen LogP contribution in [0.5, 0.6) is 23.0 Å². The van der Waals surface area contributed by atoms with Gasteiger partial charge in [0.05, 0.1) is 24.6 Å². The predicted molar refractivity (Wildman–Crippen MR) is 199 cm³/mol. The van der Waals surface area contributed by atoms with Crippen molar-refractivity contribution in [3.05, 3.63) is 72.8 Å². The van der Waals surface area contributed by atoms with Crippen LogP contribution < -0.4 is 36.1 Å². The number of nitrogen functional groups attached to an aromatic ring is 2. The monoisotopic (exact) mass is 695 g/mol. The van der Waals surface area contributed by atoms with E-state index >= 15 is 0 Å². The topological polar surface area (TPSA) is 164 Å². The second-order valence-corrected chi connectivity index (χ2v) is 13.0. The Morgan fingerprint density at radius 2 is 1.27 bits per heavy atom. The van der Waals surface area contributed by atoms with Crippen LogP contribution in [0.2, 0.25) is 0 Å². The van der Waals surface area contributed by atoms with Crippen LogP contribution in [0.25, 0.3) is 22.5 Å². The largest absolute Gasteiger partial charge is 0.493 e. The number of pyridine rings is 2. The molecule has 0 bridgehead atoms. The van der Waals surface area contributed by atoms with Gasteiger partial charge >= 0.3 is 0 Å². The molecular weight excluding hydrogens is 646 g/mol. The quantitative estimate of drug-likeness (QED) is 0.177. The Kier molecular flexibility index (Phi) is 11.7. The maximum absolute atomic E-state index is 12.3. The predicted octanol–water partition coefficient (Wildman–Crippen LogP) is 4.73. The SMILES string of the molecule is CCOc1cc(OCC(=O)N2CC3C(N)C3C2)ccc1-c1cccc(N)n1.CCOc1cc(OCCN2CCCC2)ccc1-c1cccc(N)n1. The third kappa shape index (κ3) is 9.19. The van der Waals surface area contributed by atoms with Gasteiger partial charge in [-0.15, -0.1) is 0 Å². The molecule has 4 aromatic rings. The molecule has 2 aliphatic heterocycles. The number of nitrogens with two attached hydrogens (primary N) is 3. The highest BCUT2D eigenvalue weighted by atomic mass is 16.5. The molecule has 1 saturated carbocycles. The zero-order chi connectivity index (χ0) is 35.7. The van der Waals surface area contributed by atoms with E-state index in [9.17, 15) is 4.79 Å². The van der Waals surface area contributed by atoms with Gasteiger partial charge in [-0.2, -0.15) is 0 Å². The first-order chi connectivity index (χ1) is 24.8. The van der Waals surface area contributed by atoms with Gasteiger partial charge in [-0.1, -0.05) is 12.1 Å². The lowest BCUT2D eigenvalue weighted by molar-refractivity contribution is -0.132. The highest BCUT2D eigenvalue weighted by Gasteiger charge is 2.54. The normalized spacial score (nSPS) is 19.1. The molecule has 2 saturated heterocycles. The second kappa shape index (κ2) is 16.8. The van der Waals surface area contributed by atoms with E-state index < -0.39 is 0 Å². The summed E-state index contributed by atoms with van der Waals surface area (Å²) in [7, 11) is 0. The molecule has 0 spiro atoms. The number of ether oxygens (including phenoxy) is 4. The van der Waals surface area contributed by atoms with E-state index in [1.165, 1.54) is 25.9 Å². The minimum atomic E-state index is -0.00561. The lowest BCUT2D eigenvalue weighted by Gasteiger charge is -2.19. The summed E-state index contributed by atoms with van der Waals surface area (Å²) >= 11 is 0. The van der Waals surface area contributed by atoms with Gasteiger partial charge in [0.25, 0.3) is 5.91 Å². The summed E-state index contributed by atoms with van der Waals surface area (Å²) in [5.74, 6) is 4.72. The Hall–Kier alpha value is -5.07. The maximum Gasteiger partial charge on any atom is 0.260 e. The molecule has 2 aromatic heterocycles. The molecular formula is C39H49N7O5. The van der Waals surface area contributed by atoms with Gasteiger partial charge in [0.2, 0.25) is 0 Å². The molecule has 1 aliphatic carbocycles. The van der Waals surface area contributed by atoms with Crippen molar-refractivity contribution < 1.29 is 23.7 Å². The summed E-state index contributed by atoms with van der Waals surface area (Å²) in [4.78, 5) is 25.3. The zero-order valence-corrected chi connectivity index (χ0v) is 29.5. The number of rotatable bonds is 13. The van der Waals surface area contributed by atoms with E-state index in [1.54, 1.807) is 18.2 Å². The average molecular weight is 696 g/mol. The first-order valence-corrected chi connectivity index (χ1v) is 17.8. The number of amides is 1. The number of fused-ring (bicyclic) bond motifs is 1. The van der Waals surface area contributed by atoms with Crippen molar-refractivity contribution in [2.75, 3.05) is 70.6 Å². The van der Waals surface area contributed by atoms with Crippen molar-refractivity contribution in [2.24, 2.45) is 17.6 Å². The van der Waals surface area contributed by atoms with Crippen molar-refractivity contribution in [1.82, 2.24) is 19.8 Å². The Balaban J connectivity index is 0.000000177. The van der Waals surface area contributed by atoms with Crippen molar-refractivity contribution in [3.8, 4) is 45.5 Å². The van der Waals surface area contributed by atoms with Gasteiger partial charge in [0.15, 0.2) is 6.61 Å². The molecule has 2 aromatic carbocycles. The minimum absolute atomic E-state index is 0.00561. The van der Waals surface area contributed by atoms with Crippen molar-refractivity contribution in [2.45, 2.75) is 32.7 Å². The van der Waals surface area contributed by atoms with Gasteiger partial charge in [-0.05, 0) is 100 Å². The summed E-state index contributed by atoms with van der Waals surface area (Å²) in [6.07, 6.45) is 2.60. The number of nitrogens with zero attached hydrogens (tertiary/aromatic N) is 4. The fourth-order valence-corrected chi connectivity index (χ4v) is 6.67. The Bertz CT molecular complexity index is 1770. The van der Waals surface area contributed by atoms with Crippen LogP contribution in [-0.4, -0.2) is 90.9 Å². The lowest BCUT2D eigenvalue weighted by Crippen LogP contribution is -2.37. The number of carbonyl (C=O) groups is 1. The van der Waals surface area contributed by atoms with E-state index in [0.717, 1.165) is 53.6 Å².